The summed E-state index contributed by atoms with van der Waals surface area (Å²) in [6, 6.07) is 4.50. The van der Waals surface area contributed by atoms with E-state index in [9.17, 15) is 0 Å². The SMILES string of the molecule is Cc1cc(C)c(-n2cc[n+](CCC(C)C)c2)c(C)c1.[Br-]. The highest BCUT2D eigenvalue weighted by Crippen LogP contribution is 2.20. The van der Waals surface area contributed by atoms with E-state index in [2.05, 4.69) is 74.6 Å². The number of nitrogens with zero attached hydrogens (tertiary/aromatic N) is 2. The Balaban J connectivity index is 0.00000200. The van der Waals surface area contributed by atoms with Gasteiger partial charge in [-0.15, -0.1) is 0 Å². The van der Waals surface area contributed by atoms with Gasteiger partial charge < -0.3 is 17.0 Å². The van der Waals surface area contributed by atoms with Crippen molar-refractivity contribution in [1.29, 1.82) is 0 Å². The molecule has 110 valence electrons. The molecule has 0 fully saturated rings. The average Bonchev–Trinajstić information content (AvgIpc) is 2.73. The summed E-state index contributed by atoms with van der Waals surface area (Å²) in [6.07, 6.45) is 7.75. The van der Waals surface area contributed by atoms with Crippen LogP contribution in [-0.2, 0) is 6.54 Å². The number of aryl methyl sites for hydroxylation is 4. The van der Waals surface area contributed by atoms with Gasteiger partial charge in [-0.3, -0.25) is 0 Å². The van der Waals surface area contributed by atoms with Crippen molar-refractivity contribution in [3.63, 3.8) is 0 Å². The number of rotatable bonds is 4. The van der Waals surface area contributed by atoms with E-state index in [1.807, 2.05) is 0 Å². The van der Waals surface area contributed by atoms with Crippen LogP contribution in [-0.4, -0.2) is 4.57 Å². The molecule has 1 aromatic heterocycles. The van der Waals surface area contributed by atoms with Crippen LogP contribution in [0.3, 0.4) is 0 Å². The number of imidazole rings is 1. The lowest BCUT2D eigenvalue weighted by atomic mass is 10.1. The van der Waals surface area contributed by atoms with Crippen molar-refractivity contribution in [3.8, 4) is 5.69 Å². The average molecular weight is 337 g/mol. The molecular weight excluding hydrogens is 312 g/mol. The van der Waals surface area contributed by atoms with Crippen LogP contribution < -0.4 is 21.5 Å². The van der Waals surface area contributed by atoms with Gasteiger partial charge in [-0.2, -0.15) is 0 Å². The number of halogens is 1. The molecule has 0 aliphatic carbocycles. The fraction of sp³-hybridized carbons (Fsp3) is 0.471. The molecule has 0 unspecified atom stereocenters. The van der Waals surface area contributed by atoms with E-state index < -0.39 is 0 Å². The summed E-state index contributed by atoms with van der Waals surface area (Å²) in [5, 5.41) is 0. The van der Waals surface area contributed by atoms with Crippen molar-refractivity contribution in [2.24, 2.45) is 5.92 Å². The van der Waals surface area contributed by atoms with E-state index in [-0.39, 0.29) is 17.0 Å². The Morgan fingerprint density at radius 2 is 1.70 bits per heavy atom. The van der Waals surface area contributed by atoms with Crippen LogP contribution in [0.2, 0.25) is 0 Å². The Bertz CT molecular complexity index is 547. The topological polar surface area (TPSA) is 8.81 Å². The minimum Gasteiger partial charge on any atom is -1.00 e. The molecule has 0 atom stereocenters. The molecule has 0 N–H and O–H groups in total. The Morgan fingerprint density at radius 1 is 1.10 bits per heavy atom. The maximum absolute atomic E-state index is 2.28. The zero-order valence-electron chi connectivity index (χ0n) is 13.2. The molecule has 0 spiro atoms. The lowest BCUT2D eigenvalue weighted by Crippen LogP contribution is -3.00. The first-order valence-corrected chi connectivity index (χ1v) is 7.12. The first-order chi connectivity index (χ1) is 8.97. The van der Waals surface area contributed by atoms with Crippen LogP contribution in [0.1, 0.15) is 37.0 Å². The molecule has 2 rings (SSSR count). The highest BCUT2D eigenvalue weighted by atomic mass is 79.9. The van der Waals surface area contributed by atoms with Crippen molar-refractivity contribution in [2.75, 3.05) is 0 Å². The zero-order chi connectivity index (χ0) is 14.0. The van der Waals surface area contributed by atoms with Gasteiger partial charge in [0.1, 0.15) is 18.1 Å². The molecule has 3 heteroatoms. The lowest BCUT2D eigenvalue weighted by Gasteiger charge is -2.07. The van der Waals surface area contributed by atoms with Crippen LogP contribution in [0.25, 0.3) is 5.69 Å². The predicted molar refractivity (Wildman–Crippen MR) is 79.6 cm³/mol. The van der Waals surface area contributed by atoms with Gasteiger partial charge in [-0.25, -0.2) is 9.13 Å². The molecule has 2 nitrogen and oxygen atoms in total. The Hall–Kier alpha value is -1.09. The second-order valence-corrected chi connectivity index (χ2v) is 5.99. The Morgan fingerprint density at radius 3 is 2.25 bits per heavy atom. The van der Waals surface area contributed by atoms with Crippen LogP contribution in [0.5, 0.6) is 0 Å². The summed E-state index contributed by atoms with van der Waals surface area (Å²) >= 11 is 0. The van der Waals surface area contributed by atoms with E-state index in [1.165, 1.54) is 28.8 Å². The molecule has 0 amide bonds. The highest BCUT2D eigenvalue weighted by molar-refractivity contribution is 5.48. The second-order valence-electron chi connectivity index (χ2n) is 5.99. The second kappa shape index (κ2) is 7.07. The molecule has 20 heavy (non-hydrogen) atoms. The normalized spacial score (nSPS) is 10.7. The molecule has 1 aromatic carbocycles. The molecule has 0 bridgehead atoms. The fourth-order valence-electron chi connectivity index (χ4n) is 2.65. The van der Waals surface area contributed by atoms with Gasteiger partial charge >= 0.3 is 0 Å². The van der Waals surface area contributed by atoms with E-state index in [0.29, 0.717) is 0 Å². The number of hydrogen-bond donors (Lipinski definition) is 0. The third-order valence-corrected chi connectivity index (χ3v) is 3.55. The minimum absolute atomic E-state index is 0. The van der Waals surface area contributed by atoms with E-state index >= 15 is 0 Å². The van der Waals surface area contributed by atoms with Crippen molar-refractivity contribution >= 4 is 0 Å². The monoisotopic (exact) mass is 336 g/mol. The lowest BCUT2D eigenvalue weighted by molar-refractivity contribution is -0.697. The molecule has 0 saturated carbocycles. The molecule has 0 radical (unpaired) electrons. The first-order valence-electron chi connectivity index (χ1n) is 7.12. The molecule has 0 aliphatic rings. The van der Waals surface area contributed by atoms with Gasteiger partial charge in [-0.1, -0.05) is 31.5 Å². The summed E-state index contributed by atoms with van der Waals surface area (Å²) in [4.78, 5) is 0. The first kappa shape index (κ1) is 17.0. The summed E-state index contributed by atoms with van der Waals surface area (Å²) in [6.45, 7) is 12.2. The zero-order valence-corrected chi connectivity index (χ0v) is 14.7. The van der Waals surface area contributed by atoms with Gasteiger partial charge in [-0.05, 0) is 44.2 Å². The van der Waals surface area contributed by atoms with Crippen LogP contribution >= 0.6 is 0 Å². The van der Waals surface area contributed by atoms with E-state index in [1.54, 1.807) is 0 Å². The van der Waals surface area contributed by atoms with Gasteiger partial charge in [0.2, 0.25) is 6.33 Å². The van der Waals surface area contributed by atoms with Crippen molar-refractivity contribution in [2.45, 2.75) is 47.6 Å². The van der Waals surface area contributed by atoms with Crippen LogP contribution in [0.4, 0.5) is 0 Å². The van der Waals surface area contributed by atoms with E-state index in [4.69, 9.17) is 0 Å². The van der Waals surface area contributed by atoms with Gasteiger partial charge in [0.25, 0.3) is 0 Å². The van der Waals surface area contributed by atoms with Gasteiger partial charge in [0, 0.05) is 0 Å². The van der Waals surface area contributed by atoms with Crippen molar-refractivity contribution in [1.82, 2.24) is 4.57 Å². The molecule has 1 heterocycles. The highest BCUT2D eigenvalue weighted by Gasteiger charge is 2.12. The summed E-state index contributed by atoms with van der Waals surface area (Å²) in [5.74, 6) is 0.749. The third-order valence-electron chi connectivity index (χ3n) is 3.55. The minimum atomic E-state index is 0. The fourth-order valence-corrected chi connectivity index (χ4v) is 2.65. The maximum Gasteiger partial charge on any atom is 0.248 e. The standard InChI is InChI=1S/C17H25N2.BrH/c1-13(2)6-7-18-8-9-19(12-18)17-15(4)10-14(3)11-16(17)5;/h8-13H,6-7H2,1-5H3;1H/q+1;/p-1. The predicted octanol–water partition coefficient (Wildman–Crippen LogP) is 0.740. The van der Waals surface area contributed by atoms with Crippen LogP contribution in [0, 0.1) is 26.7 Å². The van der Waals surface area contributed by atoms with Crippen LogP contribution in [0.15, 0.2) is 30.9 Å². The third kappa shape index (κ3) is 3.95. The van der Waals surface area contributed by atoms with Crippen molar-refractivity contribution < 1.29 is 21.5 Å². The van der Waals surface area contributed by atoms with Crippen molar-refractivity contribution in [3.05, 3.63) is 47.5 Å². The van der Waals surface area contributed by atoms with Gasteiger partial charge in [0.05, 0.1) is 6.54 Å². The molecular formula is C17H25BrN2. The largest absolute Gasteiger partial charge is 1.00 e. The maximum atomic E-state index is 2.28. The molecule has 0 saturated heterocycles. The smallest absolute Gasteiger partial charge is 0.248 e. The summed E-state index contributed by atoms with van der Waals surface area (Å²) < 4.78 is 4.52. The van der Waals surface area contributed by atoms with Gasteiger partial charge in [0.15, 0.2) is 0 Å². The number of hydrogen-bond acceptors (Lipinski definition) is 0. The Labute approximate surface area is 133 Å². The molecule has 0 aliphatic heterocycles. The molecule has 2 aromatic rings. The summed E-state index contributed by atoms with van der Waals surface area (Å²) in [5.41, 5.74) is 5.32. The summed E-state index contributed by atoms with van der Waals surface area (Å²) in [7, 11) is 0. The quantitative estimate of drug-likeness (QED) is 0.728. The number of aromatic nitrogens is 2. The Kier molecular flexibility index (Phi) is 6.00. The van der Waals surface area contributed by atoms with E-state index in [0.717, 1.165) is 12.5 Å². The number of benzene rings is 1.